The summed E-state index contributed by atoms with van der Waals surface area (Å²) in [6, 6.07) is 16.5. The van der Waals surface area contributed by atoms with Crippen LogP contribution in [0.3, 0.4) is 0 Å². The summed E-state index contributed by atoms with van der Waals surface area (Å²) in [7, 11) is 0. The average molecular weight is 479 g/mol. The number of carboxylic acids is 1. The Kier molecular flexibility index (Phi) is 8.06. The van der Waals surface area contributed by atoms with Gasteiger partial charge in [-0.15, -0.1) is 0 Å². The van der Waals surface area contributed by atoms with Gasteiger partial charge >= 0.3 is 12.1 Å². The maximum absolute atomic E-state index is 12.5. The average Bonchev–Trinajstić information content (AvgIpc) is 3.41. The standard InChI is InChI=1S/C28H34N2O5/c1-18(27(33)30-20-13-12-19(15-20)16-26(31)32)7-6-14-29-28(34)35-17-25-23-10-4-2-8-21(23)22-9-3-5-11-24(22)25/h2-5,8-11,18-20,25H,6-7,12-17H2,1H3,(H,29,34)(H,30,33)(H,31,32)/t18?,19-,20+/m0/s1. The van der Waals surface area contributed by atoms with Crippen LogP contribution in [0, 0.1) is 11.8 Å². The SMILES string of the molecule is CC(CCCNC(=O)OCC1c2ccccc2-c2ccccc21)C(=O)N[C@@H]1CC[C@H](CC(=O)O)C1. The molecule has 3 atom stereocenters. The van der Waals surface area contributed by atoms with E-state index in [0.717, 1.165) is 19.3 Å². The van der Waals surface area contributed by atoms with Gasteiger partial charge in [-0.05, 0) is 60.3 Å². The monoisotopic (exact) mass is 478 g/mol. The molecule has 2 aliphatic carbocycles. The highest BCUT2D eigenvalue weighted by Gasteiger charge is 2.30. The van der Waals surface area contributed by atoms with Crippen LogP contribution < -0.4 is 10.6 Å². The number of fused-ring (bicyclic) bond motifs is 3. The second-order valence-corrected chi connectivity index (χ2v) is 9.78. The van der Waals surface area contributed by atoms with Gasteiger partial charge in [-0.25, -0.2) is 4.79 Å². The molecule has 0 aromatic heterocycles. The fourth-order valence-corrected chi connectivity index (χ4v) is 5.36. The number of amides is 2. The van der Waals surface area contributed by atoms with E-state index in [-0.39, 0.29) is 42.7 Å². The lowest BCUT2D eigenvalue weighted by Gasteiger charge is -2.17. The third-order valence-electron chi connectivity index (χ3n) is 7.23. The van der Waals surface area contributed by atoms with Crippen LogP contribution in [0.15, 0.2) is 48.5 Å². The molecule has 1 unspecified atom stereocenters. The van der Waals surface area contributed by atoms with E-state index in [2.05, 4.69) is 34.9 Å². The van der Waals surface area contributed by atoms with E-state index in [4.69, 9.17) is 9.84 Å². The Morgan fingerprint density at radius 3 is 2.34 bits per heavy atom. The second kappa shape index (κ2) is 11.4. The zero-order chi connectivity index (χ0) is 24.8. The van der Waals surface area contributed by atoms with Crippen molar-refractivity contribution in [3.63, 3.8) is 0 Å². The summed E-state index contributed by atoms with van der Waals surface area (Å²) in [5.41, 5.74) is 4.74. The quantitative estimate of drug-likeness (QED) is 0.429. The maximum atomic E-state index is 12.5. The molecular weight excluding hydrogens is 444 g/mol. The number of carboxylic acid groups (broad SMARTS) is 1. The van der Waals surface area contributed by atoms with Gasteiger partial charge in [0.25, 0.3) is 0 Å². The van der Waals surface area contributed by atoms with E-state index in [1.54, 1.807) is 0 Å². The van der Waals surface area contributed by atoms with Gasteiger partial charge in [-0.2, -0.15) is 0 Å². The minimum Gasteiger partial charge on any atom is -0.481 e. The van der Waals surface area contributed by atoms with Crippen molar-refractivity contribution < 1.29 is 24.2 Å². The molecule has 7 nitrogen and oxygen atoms in total. The van der Waals surface area contributed by atoms with Crippen LogP contribution in [-0.2, 0) is 14.3 Å². The van der Waals surface area contributed by atoms with Gasteiger partial charge in [-0.1, -0.05) is 55.5 Å². The summed E-state index contributed by atoms with van der Waals surface area (Å²) in [5.74, 6) is -0.777. The third-order valence-corrected chi connectivity index (χ3v) is 7.23. The topological polar surface area (TPSA) is 105 Å². The Hall–Kier alpha value is -3.35. The fraction of sp³-hybridized carbons (Fsp3) is 0.464. The van der Waals surface area contributed by atoms with E-state index >= 15 is 0 Å². The maximum Gasteiger partial charge on any atom is 0.407 e. The molecule has 0 aliphatic heterocycles. The van der Waals surface area contributed by atoms with Crippen LogP contribution in [0.25, 0.3) is 11.1 Å². The zero-order valence-corrected chi connectivity index (χ0v) is 20.2. The van der Waals surface area contributed by atoms with Gasteiger partial charge in [0.1, 0.15) is 6.61 Å². The number of carbonyl (C=O) groups is 3. The largest absolute Gasteiger partial charge is 0.481 e. The number of aliphatic carboxylic acids is 1. The van der Waals surface area contributed by atoms with E-state index in [9.17, 15) is 14.4 Å². The number of hydrogen-bond acceptors (Lipinski definition) is 4. The summed E-state index contributed by atoms with van der Waals surface area (Å²) >= 11 is 0. The van der Waals surface area contributed by atoms with Crippen LogP contribution in [0.2, 0.25) is 0 Å². The molecule has 0 heterocycles. The van der Waals surface area contributed by atoms with Gasteiger partial charge in [0.15, 0.2) is 0 Å². The van der Waals surface area contributed by atoms with Crippen molar-refractivity contribution in [3.05, 3.63) is 59.7 Å². The number of ether oxygens (including phenoxy) is 1. The molecule has 186 valence electrons. The normalized spacial score (nSPS) is 19.5. The number of carbonyl (C=O) groups excluding carboxylic acids is 2. The molecule has 35 heavy (non-hydrogen) atoms. The van der Waals surface area contributed by atoms with Crippen molar-refractivity contribution >= 4 is 18.0 Å². The molecule has 2 aliphatic rings. The van der Waals surface area contributed by atoms with Crippen molar-refractivity contribution in [2.24, 2.45) is 11.8 Å². The predicted octanol–water partition coefficient (Wildman–Crippen LogP) is 4.70. The Balaban J connectivity index is 1.15. The van der Waals surface area contributed by atoms with E-state index < -0.39 is 12.1 Å². The number of hydrogen-bond donors (Lipinski definition) is 3. The Bertz CT molecular complexity index is 1020. The van der Waals surface area contributed by atoms with Crippen LogP contribution in [0.5, 0.6) is 0 Å². The molecule has 0 bridgehead atoms. The first-order valence-electron chi connectivity index (χ1n) is 12.5. The minimum atomic E-state index is -0.778. The van der Waals surface area contributed by atoms with Crippen LogP contribution in [0.1, 0.15) is 62.5 Å². The molecule has 0 spiro atoms. The molecule has 1 saturated carbocycles. The molecule has 7 heteroatoms. The molecule has 2 aromatic carbocycles. The predicted molar refractivity (Wildman–Crippen MR) is 133 cm³/mol. The summed E-state index contributed by atoms with van der Waals surface area (Å²) in [5, 5.41) is 14.8. The molecule has 0 saturated heterocycles. The van der Waals surface area contributed by atoms with Gasteiger partial charge in [0.2, 0.25) is 5.91 Å². The molecule has 2 amide bonds. The molecule has 3 N–H and O–H groups in total. The van der Waals surface area contributed by atoms with Crippen molar-refractivity contribution in [2.45, 2.75) is 57.4 Å². The third kappa shape index (κ3) is 6.21. The summed E-state index contributed by atoms with van der Waals surface area (Å²) < 4.78 is 5.55. The van der Waals surface area contributed by atoms with Gasteiger partial charge in [0, 0.05) is 30.8 Å². The van der Waals surface area contributed by atoms with Crippen molar-refractivity contribution in [2.75, 3.05) is 13.2 Å². The van der Waals surface area contributed by atoms with E-state index in [0.29, 0.717) is 19.4 Å². The molecule has 0 radical (unpaired) electrons. The number of alkyl carbamates (subject to hydrolysis) is 1. The lowest BCUT2D eigenvalue weighted by atomic mass is 9.98. The van der Waals surface area contributed by atoms with Crippen molar-refractivity contribution in [1.29, 1.82) is 0 Å². The lowest BCUT2D eigenvalue weighted by molar-refractivity contribution is -0.138. The first-order chi connectivity index (χ1) is 16.9. The zero-order valence-electron chi connectivity index (χ0n) is 20.2. The molecule has 1 fully saturated rings. The van der Waals surface area contributed by atoms with E-state index in [1.165, 1.54) is 22.3 Å². The van der Waals surface area contributed by atoms with E-state index in [1.807, 2.05) is 31.2 Å². The Morgan fingerprint density at radius 1 is 1.03 bits per heavy atom. The van der Waals surface area contributed by atoms with Crippen LogP contribution >= 0.6 is 0 Å². The second-order valence-electron chi connectivity index (χ2n) is 9.78. The minimum absolute atomic E-state index is 0.00730. The summed E-state index contributed by atoms with van der Waals surface area (Å²) in [6.07, 6.45) is 3.46. The highest BCUT2D eigenvalue weighted by Crippen LogP contribution is 2.44. The fourth-order valence-electron chi connectivity index (χ4n) is 5.36. The summed E-state index contributed by atoms with van der Waals surface area (Å²) in [4.78, 5) is 35.6. The van der Waals surface area contributed by atoms with Crippen molar-refractivity contribution in [3.8, 4) is 11.1 Å². The first kappa shape index (κ1) is 24.8. The summed E-state index contributed by atoms with van der Waals surface area (Å²) in [6.45, 7) is 2.60. The van der Waals surface area contributed by atoms with Crippen LogP contribution in [-0.4, -0.2) is 42.3 Å². The van der Waals surface area contributed by atoms with Gasteiger partial charge in [-0.3, -0.25) is 9.59 Å². The highest BCUT2D eigenvalue weighted by molar-refractivity contribution is 5.79. The van der Waals surface area contributed by atoms with Gasteiger partial charge in [0.05, 0.1) is 0 Å². The molecule has 2 aromatic rings. The smallest absolute Gasteiger partial charge is 0.407 e. The highest BCUT2D eigenvalue weighted by atomic mass is 16.5. The van der Waals surface area contributed by atoms with Crippen molar-refractivity contribution in [1.82, 2.24) is 10.6 Å². The first-order valence-corrected chi connectivity index (χ1v) is 12.5. The Labute approximate surface area is 206 Å². The Morgan fingerprint density at radius 2 is 1.69 bits per heavy atom. The number of benzene rings is 2. The molecule has 4 rings (SSSR count). The molecular formula is C28H34N2O5. The van der Waals surface area contributed by atoms with Gasteiger partial charge < -0.3 is 20.5 Å². The number of nitrogens with one attached hydrogen (secondary N) is 2. The van der Waals surface area contributed by atoms with Crippen LogP contribution in [0.4, 0.5) is 4.79 Å². The lowest BCUT2D eigenvalue weighted by Crippen LogP contribution is -2.37. The number of rotatable bonds is 10.